The zero-order chi connectivity index (χ0) is 24.9. The Morgan fingerprint density at radius 3 is 2.46 bits per heavy atom. The molecule has 1 saturated heterocycles. The van der Waals surface area contributed by atoms with Gasteiger partial charge in [0.15, 0.2) is 11.5 Å². The van der Waals surface area contributed by atoms with Crippen molar-refractivity contribution in [1.29, 1.82) is 0 Å². The van der Waals surface area contributed by atoms with Gasteiger partial charge in [0.1, 0.15) is 12.2 Å². The summed E-state index contributed by atoms with van der Waals surface area (Å²) in [5.41, 5.74) is 0.122. The number of rotatable bonds is 7. The molecule has 1 N–H and O–H groups in total. The van der Waals surface area contributed by atoms with Crippen LogP contribution in [0.4, 0.5) is 10.5 Å². The van der Waals surface area contributed by atoms with E-state index in [-0.39, 0.29) is 41.0 Å². The van der Waals surface area contributed by atoms with Gasteiger partial charge in [-0.3, -0.25) is 29.9 Å². The minimum atomic E-state index is -0.898. The van der Waals surface area contributed by atoms with Gasteiger partial charge in [0.05, 0.1) is 23.7 Å². The Morgan fingerprint density at radius 2 is 1.80 bits per heavy atom. The maximum Gasteiger partial charge on any atom is 0.331 e. The van der Waals surface area contributed by atoms with Gasteiger partial charge in [-0.2, -0.15) is 0 Å². The van der Waals surface area contributed by atoms with Crippen LogP contribution < -0.4 is 14.8 Å². The number of methoxy groups -OCH3 is 1. The van der Waals surface area contributed by atoms with E-state index in [1.165, 1.54) is 19.2 Å². The van der Waals surface area contributed by atoms with Gasteiger partial charge in [-0.1, -0.05) is 49.6 Å². The minimum Gasteiger partial charge on any atom is -0.493 e. The first kappa shape index (κ1) is 23.9. The lowest BCUT2D eigenvalue weighted by molar-refractivity contribution is -0.385. The van der Waals surface area contributed by atoms with Gasteiger partial charge in [-0.15, -0.1) is 0 Å². The van der Waals surface area contributed by atoms with Crippen LogP contribution in [-0.4, -0.2) is 40.8 Å². The second kappa shape index (κ2) is 10.4. The fraction of sp³-hybridized carbons (Fsp3) is 0.320. The van der Waals surface area contributed by atoms with Gasteiger partial charge in [0.2, 0.25) is 0 Å². The number of nitro benzene ring substituents is 1. The van der Waals surface area contributed by atoms with Crippen molar-refractivity contribution in [2.45, 2.75) is 44.8 Å². The highest BCUT2D eigenvalue weighted by Gasteiger charge is 2.40. The van der Waals surface area contributed by atoms with Crippen LogP contribution in [0, 0.1) is 10.1 Å². The first-order valence-electron chi connectivity index (χ1n) is 11.3. The van der Waals surface area contributed by atoms with Crippen molar-refractivity contribution < 1.29 is 28.8 Å². The molecule has 1 heterocycles. The van der Waals surface area contributed by atoms with E-state index in [0.717, 1.165) is 35.8 Å². The molecule has 0 radical (unpaired) electrons. The fourth-order valence-electron chi connectivity index (χ4n) is 4.34. The van der Waals surface area contributed by atoms with E-state index >= 15 is 0 Å². The zero-order valence-electron chi connectivity index (χ0n) is 19.2. The molecule has 2 fully saturated rings. The van der Waals surface area contributed by atoms with Crippen molar-refractivity contribution in [3.63, 3.8) is 0 Å². The van der Waals surface area contributed by atoms with Gasteiger partial charge < -0.3 is 9.47 Å². The molecule has 182 valence electrons. The summed E-state index contributed by atoms with van der Waals surface area (Å²) in [6, 6.07) is 10.7. The molecule has 0 aromatic heterocycles. The summed E-state index contributed by atoms with van der Waals surface area (Å²) in [6.07, 6.45) is 5.21. The lowest BCUT2D eigenvalue weighted by atomic mass is 9.93. The van der Waals surface area contributed by atoms with E-state index in [0.29, 0.717) is 12.8 Å². The SMILES string of the molecule is COc1cc(C=C2C(=O)NC(=O)N(C3CCCCC3)C2=O)c([N+](=O)[O-])cc1OCc1ccccc1. The van der Waals surface area contributed by atoms with Crippen LogP contribution in [0.1, 0.15) is 43.2 Å². The number of barbiturate groups is 1. The number of carbonyl (C=O) groups excluding carboxylic acids is 3. The third kappa shape index (κ3) is 5.16. The number of benzene rings is 2. The average molecular weight is 479 g/mol. The summed E-state index contributed by atoms with van der Waals surface area (Å²) < 4.78 is 11.1. The standard InChI is InChI=1S/C25H25N3O7/c1-34-21-13-17(20(28(32)33)14-22(21)35-15-16-8-4-2-5-9-16)12-19-23(29)26-25(31)27(24(19)30)18-10-6-3-7-11-18/h2,4-5,8-9,12-14,18H,3,6-7,10-11,15H2,1H3,(H,26,29,31). The molecular weight excluding hydrogens is 454 g/mol. The molecule has 2 aromatic rings. The third-order valence-corrected chi connectivity index (χ3v) is 6.12. The Balaban J connectivity index is 1.68. The Hall–Kier alpha value is -4.21. The van der Waals surface area contributed by atoms with Crippen LogP contribution in [0.5, 0.6) is 11.5 Å². The number of urea groups is 1. The van der Waals surface area contributed by atoms with Crippen molar-refractivity contribution >= 4 is 29.6 Å². The van der Waals surface area contributed by atoms with Crippen molar-refractivity contribution in [2.24, 2.45) is 0 Å². The fourth-order valence-corrected chi connectivity index (χ4v) is 4.34. The number of carbonyl (C=O) groups is 3. The molecule has 4 amide bonds. The molecule has 0 spiro atoms. The monoisotopic (exact) mass is 479 g/mol. The van der Waals surface area contributed by atoms with Crippen LogP contribution in [0.2, 0.25) is 0 Å². The van der Waals surface area contributed by atoms with Crippen LogP contribution in [0.3, 0.4) is 0 Å². The molecule has 0 bridgehead atoms. The van der Waals surface area contributed by atoms with Gasteiger partial charge in [-0.25, -0.2) is 4.79 Å². The maximum absolute atomic E-state index is 13.2. The minimum absolute atomic E-state index is 0.0182. The molecule has 1 aliphatic heterocycles. The van der Waals surface area contributed by atoms with Crippen LogP contribution in [0.25, 0.3) is 6.08 Å². The largest absolute Gasteiger partial charge is 0.493 e. The van der Waals surface area contributed by atoms with Gasteiger partial charge in [0, 0.05) is 6.04 Å². The van der Waals surface area contributed by atoms with E-state index in [9.17, 15) is 24.5 Å². The first-order valence-corrected chi connectivity index (χ1v) is 11.3. The Bertz CT molecular complexity index is 1190. The molecule has 10 heteroatoms. The number of imide groups is 2. The number of hydrogen-bond acceptors (Lipinski definition) is 7. The quantitative estimate of drug-likeness (QED) is 0.275. The summed E-state index contributed by atoms with van der Waals surface area (Å²) in [5, 5.41) is 14.0. The highest BCUT2D eigenvalue weighted by molar-refractivity contribution is 6.31. The molecule has 0 unspecified atom stereocenters. The van der Waals surface area contributed by atoms with Crippen LogP contribution in [0.15, 0.2) is 48.0 Å². The molecular formula is C25H25N3O7. The highest BCUT2D eigenvalue weighted by atomic mass is 16.6. The van der Waals surface area contributed by atoms with Crippen LogP contribution >= 0.6 is 0 Å². The summed E-state index contributed by atoms with van der Waals surface area (Å²) >= 11 is 0. The van der Waals surface area contributed by atoms with Crippen molar-refractivity contribution in [3.8, 4) is 11.5 Å². The second-order valence-electron chi connectivity index (χ2n) is 8.38. The van der Waals surface area contributed by atoms with Crippen molar-refractivity contribution in [3.05, 3.63) is 69.3 Å². The smallest absolute Gasteiger partial charge is 0.331 e. The molecule has 0 atom stereocenters. The van der Waals surface area contributed by atoms with Gasteiger partial charge in [-0.05, 0) is 30.5 Å². The number of nitrogens with one attached hydrogen (secondary N) is 1. The Morgan fingerprint density at radius 1 is 1.09 bits per heavy atom. The molecule has 1 saturated carbocycles. The summed E-state index contributed by atoms with van der Waals surface area (Å²) in [4.78, 5) is 50.4. The highest BCUT2D eigenvalue weighted by Crippen LogP contribution is 2.37. The third-order valence-electron chi connectivity index (χ3n) is 6.12. The van der Waals surface area contributed by atoms with E-state index < -0.39 is 22.8 Å². The normalized spacial score (nSPS) is 17.9. The molecule has 1 aliphatic carbocycles. The average Bonchev–Trinajstić information content (AvgIpc) is 2.86. The van der Waals surface area contributed by atoms with E-state index in [4.69, 9.17) is 9.47 Å². The lowest BCUT2D eigenvalue weighted by Gasteiger charge is -2.35. The van der Waals surface area contributed by atoms with E-state index in [1.54, 1.807) is 0 Å². The molecule has 4 rings (SSSR count). The Kier molecular flexibility index (Phi) is 7.09. The molecule has 2 aliphatic rings. The van der Waals surface area contributed by atoms with Gasteiger partial charge in [0.25, 0.3) is 17.5 Å². The summed E-state index contributed by atoms with van der Waals surface area (Å²) in [7, 11) is 1.38. The number of nitro groups is 1. The predicted octanol–water partition coefficient (Wildman–Crippen LogP) is 3.98. The maximum atomic E-state index is 13.2. The van der Waals surface area contributed by atoms with E-state index in [1.807, 2.05) is 30.3 Å². The number of hydrogen-bond donors (Lipinski definition) is 1. The number of amides is 4. The summed E-state index contributed by atoms with van der Waals surface area (Å²) in [5.74, 6) is -1.32. The van der Waals surface area contributed by atoms with Crippen molar-refractivity contribution in [1.82, 2.24) is 10.2 Å². The van der Waals surface area contributed by atoms with E-state index in [2.05, 4.69) is 5.32 Å². The molecule has 10 nitrogen and oxygen atoms in total. The zero-order valence-corrected chi connectivity index (χ0v) is 19.2. The second-order valence-corrected chi connectivity index (χ2v) is 8.38. The predicted molar refractivity (Wildman–Crippen MR) is 126 cm³/mol. The summed E-state index contributed by atoms with van der Waals surface area (Å²) in [6.45, 7) is 0.161. The molecule has 35 heavy (non-hydrogen) atoms. The van der Waals surface area contributed by atoms with Crippen molar-refractivity contribution in [2.75, 3.05) is 7.11 Å². The topological polar surface area (TPSA) is 128 Å². The molecule has 2 aromatic carbocycles. The van der Waals surface area contributed by atoms with Gasteiger partial charge >= 0.3 is 6.03 Å². The lowest BCUT2D eigenvalue weighted by Crippen LogP contribution is -2.58. The number of ether oxygens (including phenoxy) is 2. The Labute approximate surface area is 201 Å². The number of nitrogens with zero attached hydrogens (tertiary/aromatic N) is 2. The first-order chi connectivity index (χ1) is 16.9. The van der Waals surface area contributed by atoms with Crippen LogP contribution in [-0.2, 0) is 16.2 Å².